The van der Waals surface area contributed by atoms with Crippen molar-refractivity contribution in [3.05, 3.63) is 119 Å². The van der Waals surface area contributed by atoms with Crippen LogP contribution < -0.4 is 5.32 Å². The van der Waals surface area contributed by atoms with Crippen molar-refractivity contribution in [3.63, 3.8) is 0 Å². The van der Waals surface area contributed by atoms with Gasteiger partial charge in [0.05, 0.1) is 4.91 Å². The van der Waals surface area contributed by atoms with Crippen molar-refractivity contribution in [2.75, 3.05) is 11.9 Å². The Bertz CT molecular complexity index is 1790. The molecule has 6 rings (SSSR count). The summed E-state index contributed by atoms with van der Waals surface area (Å²) in [5.74, 6) is -1.49. The molecule has 3 amide bonds. The number of carbonyl (C=O) groups is 3. The molecule has 1 fully saturated rings. The summed E-state index contributed by atoms with van der Waals surface area (Å²) in [5, 5.41) is 5.38. The number of amides is 3. The molecule has 1 aliphatic rings. The van der Waals surface area contributed by atoms with Gasteiger partial charge in [-0.15, -0.1) is 0 Å². The number of imide groups is 1. The van der Waals surface area contributed by atoms with Gasteiger partial charge in [0.2, 0.25) is 5.91 Å². The fourth-order valence-electron chi connectivity index (χ4n) is 4.71. The van der Waals surface area contributed by atoms with Crippen LogP contribution in [-0.2, 0) is 16.1 Å². The number of carbonyl (C=O) groups excluding carboxylic acids is 3. The van der Waals surface area contributed by atoms with Gasteiger partial charge in [0.15, 0.2) is 0 Å². The smallest absolute Gasteiger partial charge is 0.294 e. The predicted molar refractivity (Wildman–Crippen MR) is 153 cm³/mol. The zero-order valence-electron chi connectivity index (χ0n) is 20.6. The molecule has 0 bridgehead atoms. The van der Waals surface area contributed by atoms with Crippen LogP contribution in [0, 0.1) is 5.82 Å². The number of benzene rings is 4. The predicted octanol–water partition coefficient (Wildman–Crippen LogP) is 6.66. The van der Waals surface area contributed by atoms with E-state index in [4.69, 9.17) is 0 Å². The Morgan fingerprint density at radius 1 is 0.897 bits per heavy atom. The van der Waals surface area contributed by atoms with Crippen LogP contribution in [0.1, 0.15) is 11.1 Å². The normalized spacial score (nSPS) is 14.6. The number of aromatic nitrogens is 1. The summed E-state index contributed by atoms with van der Waals surface area (Å²) in [7, 11) is 0. The van der Waals surface area contributed by atoms with Crippen molar-refractivity contribution in [2.45, 2.75) is 6.54 Å². The van der Waals surface area contributed by atoms with Crippen LogP contribution in [0.2, 0.25) is 0 Å². The van der Waals surface area contributed by atoms with Crippen LogP contribution in [0.5, 0.6) is 0 Å². The fraction of sp³-hybridized carbons (Fsp3) is 0.0645. The Morgan fingerprint density at radius 2 is 1.64 bits per heavy atom. The summed E-state index contributed by atoms with van der Waals surface area (Å²) in [4.78, 5) is 39.4. The second-order valence-electron chi connectivity index (χ2n) is 9.23. The van der Waals surface area contributed by atoms with Crippen LogP contribution >= 0.6 is 11.8 Å². The molecule has 0 unspecified atom stereocenters. The average Bonchev–Trinajstić information content (AvgIpc) is 3.41. The minimum absolute atomic E-state index is 0.253. The molecule has 4 aromatic carbocycles. The van der Waals surface area contributed by atoms with Gasteiger partial charge >= 0.3 is 0 Å². The maximum atomic E-state index is 13.1. The summed E-state index contributed by atoms with van der Waals surface area (Å²) in [6, 6.07) is 27.8. The molecular weight excluding hydrogens is 513 g/mol. The SMILES string of the molecule is O=C(CN1C(=O)S/C(=C\c2cn(Cc3ccc4ccccc4c3)c3ccccc23)C1=O)Nc1ccc(F)cc1. The van der Waals surface area contributed by atoms with Gasteiger partial charge in [-0.2, -0.15) is 0 Å². The first-order valence-corrected chi connectivity index (χ1v) is 13.1. The van der Waals surface area contributed by atoms with Crippen molar-refractivity contribution >= 4 is 62.3 Å². The number of halogens is 1. The summed E-state index contributed by atoms with van der Waals surface area (Å²) in [6.45, 7) is 0.216. The number of para-hydroxylation sites is 1. The summed E-state index contributed by atoms with van der Waals surface area (Å²) in [6.07, 6.45) is 3.69. The number of nitrogens with one attached hydrogen (secondary N) is 1. The van der Waals surface area contributed by atoms with E-state index in [-0.39, 0.29) is 4.91 Å². The molecule has 0 spiro atoms. The van der Waals surface area contributed by atoms with Crippen molar-refractivity contribution in [2.24, 2.45) is 0 Å². The number of nitrogens with zero attached hydrogens (tertiary/aromatic N) is 2. The molecule has 0 aliphatic carbocycles. The third kappa shape index (κ3) is 5.06. The van der Waals surface area contributed by atoms with Gasteiger partial charge in [0.1, 0.15) is 12.4 Å². The van der Waals surface area contributed by atoms with E-state index >= 15 is 0 Å². The van der Waals surface area contributed by atoms with Gasteiger partial charge in [-0.05, 0) is 70.6 Å². The first kappa shape index (κ1) is 24.6. The second-order valence-corrected chi connectivity index (χ2v) is 10.2. The Hall–Kier alpha value is -4.69. The maximum absolute atomic E-state index is 13.1. The van der Waals surface area contributed by atoms with Crippen molar-refractivity contribution in [1.82, 2.24) is 9.47 Å². The molecule has 8 heteroatoms. The topological polar surface area (TPSA) is 71.4 Å². The van der Waals surface area contributed by atoms with E-state index in [1.165, 1.54) is 35.0 Å². The van der Waals surface area contributed by atoms with E-state index in [0.717, 1.165) is 38.7 Å². The standard InChI is InChI=1S/C31H22FN3O3S/c32-24-11-13-25(14-12-24)33-29(36)19-35-30(37)28(39-31(35)38)16-23-18-34(27-8-4-3-7-26(23)27)17-20-9-10-21-5-1-2-6-22(21)15-20/h1-16,18H,17,19H2,(H,33,36)/b28-16-. The van der Waals surface area contributed by atoms with Crippen LogP contribution in [0.4, 0.5) is 14.9 Å². The highest BCUT2D eigenvalue weighted by molar-refractivity contribution is 8.18. The van der Waals surface area contributed by atoms with E-state index in [9.17, 15) is 18.8 Å². The van der Waals surface area contributed by atoms with E-state index in [1.54, 1.807) is 6.08 Å². The Kier molecular flexibility index (Phi) is 6.46. The maximum Gasteiger partial charge on any atom is 0.294 e. The lowest BCUT2D eigenvalue weighted by Gasteiger charge is -2.12. The minimum atomic E-state index is -0.544. The Morgan fingerprint density at radius 3 is 2.46 bits per heavy atom. The Balaban J connectivity index is 1.24. The van der Waals surface area contributed by atoms with Gasteiger partial charge in [-0.25, -0.2) is 4.39 Å². The Labute approximate surface area is 227 Å². The molecular formula is C31H22FN3O3S. The van der Waals surface area contributed by atoms with Crippen LogP contribution in [0.3, 0.4) is 0 Å². The van der Waals surface area contributed by atoms with E-state index in [2.05, 4.69) is 40.2 Å². The van der Waals surface area contributed by atoms with Crippen LogP contribution in [0.25, 0.3) is 27.8 Å². The third-order valence-electron chi connectivity index (χ3n) is 6.58. The molecule has 0 radical (unpaired) electrons. The average molecular weight is 536 g/mol. The number of thioether (sulfide) groups is 1. The molecule has 1 N–H and O–H groups in total. The van der Waals surface area contributed by atoms with Gasteiger partial charge in [0, 0.05) is 34.9 Å². The summed E-state index contributed by atoms with van der Waals surface area (Å²) >= 11 is 0.810. The monoisotopic (exact) mass is 535 g/mol. The molecule has 39 heavy (non-hydrogen) atoms. The lowest BCUT2D eigenvalue weighted by atomic mass is 10.1. The highest BCUT2D eigenvalue weighted by atomic mass is 32.2. The summed E-state index contributed by atoms with van der Waals surface area (Å²) < 4.78 is 15.3. The van der Waals surface area contributed by atoms with Gasteiger partial charge in [-0.3, -0.25) is 19.3 Å². The van der Waals surface area contributed by atoms with Crippen molar-refractivity contribution in [3.8, 4) is 0 Å². The zero-order valence-corrected chi connectivity index (χ0v) is 21.5. The van der Waals surface area contributed by atoms with Crippen molar-refractivity contribution in [1.29, 1.82) is 0 Å². The number of hydrogen-bond acceptors (Lipinski definition) is 4. The van der Waals surface area contributed by atoms with Gasteiger partial charge < -0.3 is 9.88 Å². The van der Waals surface area contributed by atoms with E-state index < -0.39 is 29.4 Å². The largest absolute Gasteiger partial charge is 0.342 e. The molecule has 5 aromatic rings. The molecule has 2 heterocycles. The molecule has 1 saturated heterocycles. The highest BCUT2D eigenvalue weighted by Gasteiger charge is 2.36. The third-order valence-corrected chi connectivity index (χ3v) is 7.48. The fourth-order valence-corrected chi connectivity index (χ4v) is 5.54. The lowest BCUT2D eigenvalue weighted by molar-refractivity contribution is -0.127. The molecule has 1 aromatic heterocycles. The van der Waals surface area contributed by atoms with E-state index in [0.29, 0.717) is 12.2 Å². The second kappa shape index (κ2) is 10.2. The first-order chi connectivity index (χ1) is 18.9. The molecule has 192 valence electrons. The molecule has 0 atom stereocenters. The first-order valence-electron chi connectivity index (χ1n) is 12.3. The summed E-state index contributed by atoms with van der Waals surface area (Å²) in [5.41, 5.74) is 3.35. The number of hydrogen-bond donors (Lipinski definition) is 1. The van der Waals surface area contributed by atoms with E-state index in [1.807, 2.05) is 42.6 Å². The number of rotatable bonds is 6. The molecule has 6 nitrogen and oxygen atoms in total. The molecule has 1 aliphatic heterocycles. The minimum Gasteiger partial charge on any atom is -0.342 e. The quantitative estimate of drug-likeness (QED) is 0.247. The van der Waals surface area contributed by atoms with Gasteiger partial charge in [-0.1, -0.05) is 54.6 Å². The number of fused-ring (bicyclic) bond motifs is 2. The molecule has 0 saturated carbocycles. The highest BCUT2D eigenvalue weighted by Crippen LogP contribution is 2.34. The number of anilines is 1. The van der Waals surface area contributed by atoms with Crippen LogP contribution in [-0.4, -0.2) is 33.1 Å². The zero-order chi connectivity index (χ0) is 26.9. The lowest BCUT2D eigenvalue weighted by Crippen LogP contribution is -2.36. The van der Waals surface area contributed by atoms with Crippen molar-refractivity contribution < 1.29 is 18.8 Å². The van der Waals surface area contributed by atoms with Crippen LogP contribution in [0.15, 0.2) is 102 Å². The van der Waals surface area contributed by atoms with Gasteiger partial charge in [0.25, 0.3) is 11.1 Å².